The number of carbonyl (C=O) groups excluding carboxylic acids is 2. The van der Waals surface area contributed by atoms with Crippen LogP contribution in [0.3, 0.4) is 0 Å². The highest BCUT2D eigenvalue weighted by molar-refractivity contribution is 7.17. The Bertz CT molecular complexity index is 633. The molecule has 0 radical (unpaired) electrons. The number of esters is 1. The Morgan fingerprint density at radius 1 is 1.30 bits per heavy atom. The summed E-state index contributed by atoms with van der Waals surface area (Å²) in [7, 11) is 1.32. The number of methoxy groups -OCH3 is 1. The summed E-state index contributed by atoms with van der Waals surface area (Å²) in [6.45, 7) is 3.74. The van der Waals surface area contributed by atoms with E-state index in [-0.39, 0.29) is 18.5 Å². The second-order valence-electron chi connectivity index (χ2n) is 4.75. The number of rotatable bonds is 4. The van der Waals surface area contributed by atoms with Crippen molar-refractivity contribution in [2.24, 2.45) is 0 Å². The summed E-state index contributed by atoms with van der Waals surface area (Å²) in [5.41, 5.74) is 0.642. The van der Waals surface area contributed by atoms with Crippen molar-refractivity contribution in [1.82, 2.24) is 4.90 Å². The molecule has 20 heavy (non-hydrogen) atoms. The van der Waals surface area contributed by atoms with Crippen molar-refractivity contribution in [2.75, 3.05) is 13.7 Å². The van der Waals surface area contributed by atoms with Gasteiger partial charge in [0, 0.05) is 21.5 Å². The summed E-state index contributed by atoms with van der Waals surface area (Å²) in [4.78, 5) is 25.6. The van der Waals surface area contributed by atoms with Gasteiger partial charge in [-0.2, -0.15) is 0 Å². The number of thiophene rings is 1. The van der Waals surface area contributed by atoms with Crippen LogP contribution in [0.15, 0.2) is 29.6 Å². The molecule has 0 bridgehead atoms. The highest BCUT2D eigenvalue weighted by atomic mass is 32.1. The Labute approximate surface area is 122 Å². The van der Waals surface area contributed by atoms with Crippen molar-refractivity contribution in [3.8, 4) is 0 Å². The van der Waals surface area contributed by atoms with Crippen LogP contribution in [0.1, 0.15) is 24.2 Å². The van der Waals surface area contributed by atoms with Gasteiger partial charge in [0.25, 0.3) is 5.91 Å². The number of nitrogens with zero attached hydrogens (tertiary/aromatic N) is 1. The first kappa shape index (κ1) is 14.5. The summed E-state index contributed by atoms with van der Waals surface area (Å²) in [6.07, 6.45) is 0. The quantitative estimate of drug-likeness (QED) is 0.814. The largest absolute Gasteiger partial charge is 0.468 e. The first-order valence-electron chi connectivity index (χ1n) is 6.38. The molecule has 2 aromatic rings. The predicted octanol–water partition coefficient (Wildman–Crippen LogP) is 2.92. The lowest BCUT2D eigenvalue weighted by Gasteiger charge is -2.25. The Morgan fingerprint density at radius 2 is 2.00 bits per heavy atom. The maximum atomic E-state index is 12.6. The molecule has 1 aromatic heterocycles. The minimum atomic E-state index is -0.411. The average Bonchev–Trinajstić information content (AvgIpc) is 2.87. The van der Waals surface area contributed by atoms with Crippen molar-refractivity contribution in [2.45, 2.75) is 19.9 Å². The molecule has 0 spiro atoms. The summed E-state index contributed by atoms with van der Waals surface area (Å²) < 4.78 is 5.72. The van der Waals surface area contributed by atoms with E-state index in [2.05, 4.69) is 4.74 Å². The van der Waals surface area contributed by atoms with Gasteiger partial charge in [0.2, 0.25) is 0 Å². The molecule has 5 heteroatoms. The molecule has 0 fully saturated rings. The minimum absolute atomic E-state index is 0.0306. The highest BCUT2D eigenvalue weighted by Gasteiger charge is 2.24. The predicted molar refractivity (Wildman–Crippen MR) is 80.0 cm³/mol. The SMILES string of the molecule is COC(=O)CN(C(=O)c1csc2ccccc12)C(C)C. The second-order valence-corrected chi connectivity index (χ2v) is 5.66. The van der Waals surface area contributed by atoms with Crippen molar-refractivity contribution in [1.29, 1.82) is 0 Å². The molecule has 1 heterocycles. The molecule has 2 rings (SSSR count). The lowest BCUT2D eigenvalue weighted by molar-refractivity contribution is -0.141. The van der Waals surface area contributed by atoms with Gasteiger partial charge in [-0.05, 0) is 19.9 Å². The van der Waals surface area contributed by atoms with Crippen LogP contribution in [0.2, 0.25) is 0 Å². The molecule has 0 atom stereocenters. The Morgan fingerprint density at radius 3 is 2.65 bits per heavy atom. The Hall–Kier alpha value is -1.88. The van der Waals surface area contributed by atoms with E-state index < -0.39 is 5.97 Å². The first-order valence-corrected chi connectivity index (χ1v) is 7.26. The third kappa shape index (κ3) is 2.82. The number of benzene rings is 1. The molecule has 0 aliphatic carbocycles. The molecular weight excluding hydrogens is 274 g/mol. The van der Waals surface area contributed by atoms with Gasteiger partial charge >= 0.3 is 5.97 Å². The molecule has 1 amide bonds. The van der Waals surface area contributed by atoms with Gasteiger partial charge < -0.3 is 9.64 Å². The van der Waals surface area contributed by atoms with Crippen molar-refractivity contribution in [3.05, 3.63) is 35.2 Å². The van der Waals surface area contributed by atoms with Crippen molar-refractivity contribution < 1.29 is 14.3 Å². The Kier molecular flexibility index (Phi) is 4.39. The van der Waals surface area contributed by atoms with Crippen LogP contribution in [-0.2, 0) is 9.53 Å². The third-order valence-electron chi connectivity index (χ3n) is 3.12. The van der Waals surface area contributed by atoms with Crippen LogP contribution in [-0.4, -0.2) is 36.5 Å². The van der Waals surface area contributed by atoms with Crippen LogP contribution in [0.4, 0.5) is 0 Å². The number of hydrogen-bond donors (Lipinski definition) is 0. The standard InChI is InChI=1S/C15H17NO3S/c1-10(2)16(8-14(17)19-3)15(18)12-9-20-13-7-5-4-6-11(12)13/h4-7,9-10H,8H2,1-3H3. The van der Waals surface area contributed by atoms with E-state index in [1.165, 1.54) is 23.3 Å². The van der Waals surface area contributed by atoms with Gasteiger partial charge in [0.05, 0.1) is 12.7 Å². The van der Waals surface area contributed by atoms with E-state index in [0.717, 1.165) is 10.1 Å². The van der Waals surface area contributed by atoms with Crippen LogP contribution in [0, 0.1) is 0 Å². The average molecular weight is 291 g/mol. The van der Waals surface area contributed by atoms with Gasteiger partial charge in [-0.15, -0.1) is 11.3 Å². The molecule has 1 aromatic carbocycles. The highest BCUT2D eigenvalue weighted by Crippen LogP contribution is 2.27. The van der Waals surface area contributed by atoms with Gasteiger partial charge in [-0.25, -0.2) is 0 Å². The molecule has 106 valence electrons. The van der Waals surface area contributed by atoms with E-state index in [9.17, 15) is 9.59 Å². The lowest BCUT2D eigenvalue weighted by Crippen LogP contribution is -2.41. The van der Waals surface area contributed by atoms with Gasteiger partial charge in [-0.3, -0.25) is 9.59 Å². The summed E-state index contributed by atoms with van der Waals surface area (Å²) in [5, 5.41) is 2.78. The molecule has 0 saturated carbocycles. The molecule has 0 saturated heterocycles. The summed E-state index contributed by atoms with van der Waals surface area (Å²) in [5.74, 6) is -0.547. The van der Waals surface area contributed by atoms with E-state index >= 15 is 0 Å². The minimum Gasteiger partial charge on any atom is -0.468 e. The third-order valence-corrected chi connectivity index (χ3v) is 4.09. The normalized spacial score (nSPS) is 10.8. The van der Waals surface area contributed by atoms with E-state index in [0.29, 0.717) is 5.56 Å². The van der Waals surface area contributed by atoms with Gasteiger partial charge in [0.15, 0.2) is 0 Å². The summed E-state index contributed by atoms with van der Waals surface area (Å²) in [6, 6.07) is 7.69. The molecule has 0 aliphatic heterocycles. The number of amides is 1. The molecule has 0 unspecified atom stereocenters. The monoisotopic (exact) mass is 291 g/mol. The molecular formula is C15H17NO3S. The zero-order valence-corrected chi connectivity index (χ0v) is 12.6. The van der Waals surface area contributed by atoms with Crippen molar-refractivity contribution in [3.63, 3.8) is 0 Å². The fourth-order valence-electron chi connectivity index (χ4n) is 1.99. The molecule has 0 N–H and O–H groups in total. The number of fused-ring (bicyclic) bond motifs is 1. The maximum Gasteiger partial charge on any atom is 0.325 e. The lowest BCUT2D eigenvalue weighted by atomic mass is 10.1. The maximum absolute atomic E-state index is 12.6. The number of hydrogen-bond acceptors (Lipinski definition) is 4. The van der Waals surface area contributed by atoms with Crippen LogP contribution >= 0.6 is 11.3 Å². The van der Waals surface area contributed by atoms with E-state index in [4.69, 9.17) is 0 Å². The van der Waals surface area contributed by atoms with Crippen LogP contribution < -0.4 is 0 Å². The van der Waals surface area contributed by atoms with Crippen molar-refractivity contribution >= 4 is 33.3 Å². The fraction of sp³-hybridized carbons (Fsp3) is 0.333. The first-order chi connectivity index (χ1) is 9.54. The van der Waals surface area contributed by atoms with E-state index in [1.807, 2.05) is 43.5 Å². The zero-order chi connectivity index (χ0) is 14.7. The number of ether oxygens (including phenoxy) is 1. The number of carbonyl (C=O) groups is 2. The Balaban J connectivity index is 2.34. The second kappa shape index (κ2) is 6.05. The van der Waals surface area contributed by atoms with Crippen LogP contribution in [0.5, 0.6) is 0 Å². The summed E-state index contributed by atoms with van der Waals surface area (Å²) >= 11 is 1.53. The fourth-order valence-corrected chi connectivity index (χ4v) is 2.93. The smallest absolute Gasteiger partial charge is 0.325 e. The van der Waals surface area contributed by atoms with Gasteiger partial charge in [-0.1, -0.05) is 18.2 Å². The van der Waals surface area contributed by atoms with E-state index in [1.54, 1.807) is 0 Å². The molecule has 0 aliphatic rings. The van der Waals surface area contributed by atoms with Gasteiger partial charge in [0.1, 0.15) is 6.54 Å². The zero-order valence-electron chi connectivity index (χ0n) is 11.8. The molecule has 4 nitrogen and oxygen atoms in total. The van der Waals surface area contributed by atoms with Crippen LogP contribution in [0.25, 0.3) is 10.1 Å². The topological polar surface area (TPSA) is 46.6 Å².